The van der Waals surface area contributed by atoms with Gasteiger partial charge in [-0.2, -0.15) is 0 Å². The van der Waals surface area contributed by atoms with Crippen molar-refractivity contribution in [2.24, 2.45) is 0 Å². The van der Waals surface area contributed by atoms with E-state index in [0.717, 1.165) is 12.1 Å². The van der Waals surface area contributed by atoms with Gasteiger partial charge in [0.15, 0.2) is 0 Å². The van der Waals surface area contributed by atoms with Crippen molar-refractivity contribution in [3.8, 4) is 0 Å². The Morgan fingerprint density at radius 1 is 0.882 bits per heavy atom. The summed E-state index contributed by atoms with van der Waals surface area (Å²) in [7, 11) is -6.27. The maximum Gasteiger partial charge on any atom is 0.472 e. The Hall–Kier alpha value is 0.544. The molecule has 0 rings (SSSR count). The third kappa shape index (κ3) is 12.8. The lowest BCUT2D eigenvalue weighted by atomic mass is 10.9. The highest BCUT2D eigenvalue weighted by molar-refractivity contribution is 7.47. The average Bonchev–Trinajstić information content (AvgIpc) is 1.96. The summed E-state index contributed by atoms with van der Waals surface area (Å²) in [4.78, 5) is 9.45. The van der Waals surface area contributed by atoms with Crippen molar-refractivity contribution in [1.29, 1.82) is 0 Å². The van der Waals surface area contributed by atoms with E-state index in [4.69, 9.17) is 9.05 Å². The molecule has 17 heavy (non-hydrogen) atoms. The standard InChI is InChI=1S/C10H27O4PSi2/c1-16(2,3)9-7-13-15(11,12)14-8-10-17(4,5)6/h7-10H2,1-6H3,(H,11,12). The van der Waals surface area contributed by atoms with Gasteiger partial charge in [-0.1, -0.05) is 39.3 Å². The molecule has 1 N–H and O–H groups in total. The summed E-state index contributed by atoms with van der Waals surface area (Å²) in [5.41, 5.74) is 0. The summed E-state index contributed by atoms with van der Waals surface area (Å²) in [5, 5.41) is 0. The topological polar surface area (TPSA) is 55.8 Å². The van der Waals surface area contributed by atoms with Crippen LogP contribution >= 0.6 is 7.82 Å². The summed E-state index contributed by atoms with van der Waals surface area (Å²) in [6.07, 6.45) is 0. The third-order valence-electron chi connectivity index (χ3n) is 2.21. The van der Waals surface area contributed by atoms with E-state index < -0.39 is 24.0 Å². The van der Waals surface area contributed by atoms with Gasteiger partial charge in [0.05, 0.1) is 13.2 Å². The molecule has 0 amide bonds. The molecule has 0 aliphatic carbocycles. The first-order valence-corrected chi connectivity index (χ1v) is 14.9. The molecular weight excluding hydrogens is 271 g/mol. The summed E-state index contributed by atoms with van der Waals surface area (Å²) >= 11 is 0. The van der Waals surface area contributed by atoms with Crippen molar-refractivity contribution in [2.45, 2.75) is 51.4 Å². The second kappa shape index (κ2) is 6.64. The molecule has 0 aliphatic rings. The molecule has 0 unspecified atom stereocenters. The minimum atomic E-state index is -3.82. The molecule has 104 valence electrons. The fraction of sp³-hybridized carbons (Fsp3) is 1.00. The second-order valence-corrected chi connectivity index (χ2v) is 19.5. The zero-order chi connectivity index (χ0) is 13.7. The molecule has 0 saturated carbocycles. The van der Waals surface area contributed by atoms with Gasteiger partial charge >= 0.3 is 7.82 Å². The van der Waals surface area contributed by atoms with Crippen molar-refractivity contribution in [1.82, 2.24) is 0 Å². The Morgan fingerprint density at radius 3 is 1.41 bits per heavy atom. The van der Waals surface area contributed by atoms with E-state index in [1.165, 1.54) is 0 Å². The van der Waals surface area contributed by atoms with E-state index in [2.05, 4.69) is 39.3 Å². The lowest BCUT2D eigenvalue weighted by Crippen LogP contribution is -2.22. The third-order valence-corrected chi connectivity index (χ3v) is 6.64. The van der Waals surface area contributed by atoms with Gasteiger partial charge in [0.1, 0.15) is 0 Å². The van der Waals surface area contributed by atoms with Crippen molar-refractivity contribution < 1.29 is 18.5 Å². The normalized spacial score (nSPS) is 14.1. The fourth-order valence-corrected chi connectivity index (χ4v) is 3.46. The highest BCUT2D eigenvalue weighted by Gasteiger charge is 2.24. The predicted molar refractivity (Wildman–Crippen MR) is 78.0 cm³/mol. The predicted octanol–water partition coefficient (Wildman–Crippen LogP) is 3.80. The van der Waals surface area contributed by atoms with E-state index >= 15 is 0 Å². The Morgan fingerprint density at radius 2 is 1.18 bits per heavy atom. The summed E-state index contributed by atoms with van der Waals surface area (Å²) < 4.78 is 21.4. The van der Waals surface area contributed by atoms with Crippen molar-refractivity contribution in [3.05, 3.63) is 0 Å². The van der Waals surface area contributed by atoms with E-state index in [0.29, 0.717) is 13.2 Å². The Kier molecular flexibility index (Phi) is 6.85. The molecule has 0 saturated heterocycles. The van der Waals surface area contributed by atoms with Gasteiger partial charge in [-0.25, -0.2) is 4.57 Å². The van der Waals surface area contributed by atoms with Gasteiger partial charge in [0.2, 0.25) is 0 Å². The quantitative estimate of drug-likeness (QED) is 0.547. The number of hydrogen-bond donors (Lipinski definition) is 1. The molecule has 0 aromatic rings. The maximum atomic E-state index is 11.5. The molecule has 0 fully saturated rings. The summed E-state index contributed by atoms with van der Waals surface area (Å²) in [5.74, 6) is 0. The number of phosphoric acid groups is 1. The maximum absolute atomic E-state index is 11.5. The van der Waals surface area contributed by atoms with Crippen LogP contribution in [-0.2, 0) is 13.6 Å². The van der Waals surface area contributed by atoms with Gasteiger partial charge in [-0.15, -0.1) is 0 Å². The Bertz CT molecular complexity index is 246. The van der Waals surface area contributed by atoms with Crippen LogP contribution in [0, 0.1) is 0 Å². The minimum absolute atomic E-state index is 0.316. The van der Waals surface area contributed by atoms with Crippen molar-refractivity contribution >= 4 is 24.0 Å². The van der Waals surface area contributed by atoms with Crippen LogP contribution in [0.5, 0.6) is 0 Å². The molecule has 0 heterocycles. The monoisotopic (exact) mass is 298 g/mol. The molecule has 0 bridgehead atoms. The van der Waals surface area contributed by atoms with Crippen LogP contribution in [0.25, 0.3) is 0 Å². The van der Waals surface area contributed by atoms with Crippen LogP contribution in [0.1, 0.15) is 0 Å². The minimum Gasteiger partial charge on any atom is -0.302 e. The van der Waals surface area contributed by atoms with Crippen LogP contribution < -0.4 is 0 Å². The van der Waals surface area contributed by atoms with Crippen LogP contribution in [0.15, 0.2) is 0 Å². The van der Waals surface area contributed by atoms with Crippen LogP contribution in [0.2, 0.25) is 51.4 Å². The highest BCUT2D eigenvalue weighted by Crippen LogP contribution is 2.43. The van der Waals surface area contributed by atoms with Crippen LogP contribution in [0.4, 0.5) is 0 Å². The molecule has 4 nitrogen and oxygen atoms in total. The first-order chi connectivity index (χ1) is 7.41. The Balaban J connectivity index is 3.85. The molecule has 7 heteroatoms. The lowest BCUT2D eigenvalue weighted by Gasteiger charge is -2.19. The smallest absolute Gasteiger partial charge is 0.302 e. The molecule has 0 spiro atoms. The Labute approximate surface area is 107 Å². The van der Waals surface area contributed by atoms with E-state index in [-0.39, 0.29) is 0 Å². The molecule has 0 radical (unpaired) electrons. The highest BCUT2D eigenvalue weighted by atomic mass is 31.2. The molecular formula is C10H27O4PSi2. The van der Waals surface area contributed by atoms with Gasteiger partial charge in [0.25, 0.3) is 0 Å². The number of hydrogen-bond acceptors (Lipinski definition) is 3. The van der Waals surface area contributed by atoms with Gasteiger partial charge in [-0.05, 0) is 12.1 Å². The van der Waals surface area contributed by atoms with E-state index in [1.807, 2.05) is 0 Å². The first-order valence-electron chi connectivity index (χ1n) is 6.03. The van der Waals surface area contributed by atoms with Gasteiger partial charge < -0.3 is 4.89 Å². The average molecular weight is 298 g/mol. The molecule has 0 aromatic carbocycles. The molecule has 0 aromatic heterocycles. The lowest BCUT2D eigenvalue weighted by molar-refractivity contribution is 0.160. The van der Waals surface area contributed by atoms with Crippen molar-refractivity contribution in [3.63, 3.8) is 0 Å². The fourth-order valence-electron chi connectivity index (χ4n) is 0.972. The molecule has 0 aliphatic heterocycles. The van der Waals surface area contributed by atoms with E-state index in [1.54, 1.807) is 0 Å². The second-order valence-electron chi connectivity index (χ2n) is 6.76. The number of rotatable bonds is 8. The first kappa shape index (κ1) is 17.5. The largest absolute Gasteiger partial charge is 0.472 e. The van der Waals surface area contributed by atoms with Crippen molar-refractivity contribution in [2.75, 3.05) is 13.2 Å². The number of phosphoric ester groups is 1. The summed E-state index contributed by atoms with van der Waals surface area (Å²) in [6, 6.07) is 1.74. The van der Waals surface area contributed by atoms with E-state index in [9.17, 15) is 9.46 Å². The zero-order valence-electron chi connectivity index (χ0n) is 11.9. The SMILES string of the molecule is C[Si](C)(C)CCOP(=O)(O)OCC[Si](C)(C)C. The molecule has 0 atom stereocenters. The van der Waals surface area contributed by atoms with Gasteiger partial charge in [-0.3, -0.25) is 9.05 Å². The summed E-state index contributed by atoms with van der Waals surface area (Å²) in [6.45, 7) is 13.8. The van der Waals surface area contributed by atoms with Crippen LogP contribution in [0.3, 0.4) is 0 Å². The van der Waals surface area contributed by atoms with Crippen LogP contribution in [-0.4, -0.2) is 34.3 Å². The zero-order valence-corrected chi connectivity index (χ0v) is 14.8. The van der Waals surface area contributed by atoms with Gasteiger partial charge in [0, 0.05) is 16.1 Å².